The van der Waals surface area contributed by atoms with Gasteiger partial charge in [-0.25, -0.2) is 8.78 Å². The van der Waals surface area contributed by atoms with Gasteiger partial charge in [0.2, 0.25) is 0 Å². The number of likely N-dealkylation sites (N-methyl/N-ethyl adjacent to an activating group) is 1. The summed E-state index contributed by atoms with van der Waals surface area (Å²) in [6.45, 7) is 5.44. The van der Waals surface area contributed by atoms with Gasteiger partial charge in [-0.15, -0.1) is 0 Å². The molecule has 0 N–H and O–H groups in total. The highest BCUT2D eigenvalue weighted by Gasteiger charge is 2.22. The second-order valence-corrected chi connectivity index (χ2v) is 5.33. The zero-order valence-electron chi connectivity index (χ0n) is 13.4. The van der Waals surface area contributed by atoms with E-state index < -0.39 is 17.7 Å². The molecular weight excluding hydrogens is 306 g/mol. The standard InChI is InChI=1S/C16H18F2N2O3/c1-9-13(10(2)23-19-9)8-20(4)16(21)11(3)22-12-5-6-14(17)15(18)7-12/h5-7,11H,8H2,1-4H3/t11-/m1/s1. The number of rotatable bonds is 5. The molecule has 0 bridgehead atoms. The number of carbonyl (C=O) groups excluding carboxylic acids is 1. The van der Waals surface area contributed by atoms with Gasteiger partial charge in [0.15, 0.2) is 17.7 Å². The molecule has 1 amide bonds. The Morgan fingerprint density at radius 1 is 1.35 bits per heavy atom. The zero-order valence-corrected chi connectivity index (χ0v) is 13.4. The van der Waals surface area contributed by atoms with Crippen molar-refractivity contribution in [3.63, 3.8) is 0 Å². The van der Waals surface area contributed by atoms with Crippen molar-refractivity contribution in [3.05, 3.63) is 46.9 Å². The first kappa shape index (κ1) is 16.9. The van der Waals surface area contributed by atoms with E-state index >= 15 is 0 Å². The van der Waals surface area contributed by atoms with Gasteiger partial charge in [0, 0.05) is 18.7 Å². The largest absolute Gasteiger partial charge is 0.481 e. The molecule has 0 radical (unpaired) electrons. The number of carbonyl (C=O) groups is 1. The van der Waals surface area contributed by atoms with Crippen LogP contribution in [-0.2, 0) is 11.3 Å². The van der Waals surface area contributed by atoms with Gasteiger partial charge >= 0.3 is 0 Å². The third-order valence-electron chi connectivity index (χ3n) is 3.50. The second kappa shape index (κ2) is 6.76. The van der Waals surface area contributed by atoms with E-state index in [1.165, 1.54) is 11.0 Å². The molecule has 0 fully saturated rings. The summed E-state index contributed by atoms with van der Waals surface area (Å²) in [6.07, 6.45) is -0.842. The molecule has 7 heteroatoms. The number of hydrogen-bond donors (Lipinski definition) is 0. The SMILES string of the molecule is Cc1noc(C)c1CN(C)C(=O)[C@@H](C)Oc1ccc(F)c(F)c1. The van der Waals surface area contributed by atoms with Crippen molar-refractivity contribution in [3.8, 4) is 5.75 Å². The molecule has 1 aromatic heterocycles. The van der Waals surface area contributed by atoms with Gasteiger partial charge in [0.1, 0.15) is 11.5 Å². The molecule has 0 saturated carbocycles. The van der Waals surface area contributed by atoms with Crippen LogP contribution < -0.4 is 4.74 Å². The van der Waals surface area contributed by atoms with Gasteiger partial charge in [-0.1, -0.05) is 5.16 Å². The Morgan fingerprint density at radius 3 is 2.61 bits per heavy atom. The third-order valence-corrected chi connectivity index (χ3v) is 3.50. The Kier molecular flexibility index (Phi) is 4.98. The lowest BCUT2D eigenvalue weighted by Gasteiger charge is -2.22. The summed E-state index contributed by atoms with van der Waals surface area (Å²) in [6, 6.07) is 3.14. The molecule has 5 nitrogen and oxygen atoms in total. The lowest BCUT2D eigenvalue weighted by atomic mass is 10.2. The number of amides is 1. The minimum Gasteiger partial charge on any atom is -0.481 e. The molecule has 0 saturated heterocycles. The summed E-state index contributed by atoms with van der Waals surface area (Å²) in [7, 11) is 1.62. The zero-order chi connectivity index (χ0) is 17.1. The van der Waals surface area contributed by atoms with Crippen LogP contribution in [0.25, 0.3) is 0 Å². The summed E-state index contributed by atoms with van der Waals surface area (Å²) >= 11 is 0. The number of ether oxygens (including phenoxy) is 1. The molecule has 0 aliphatic carbocycles. The average molecular weight is 324 g/mol. The Morgan fingerprint density at radius 2 is 2.04 bits per heavy atom. The van der Waals surface area contributed by atoms with Crippen LogP contribution in [0.15, 0.2) is 22.7 Å². The summed E-state index contributed by atoms with van der Waals surface area (Å²) in [5, 5.41) is 3.84. The highest BCUT2D eigenvalue weighted by Crippen LogP contribution is 2.18. The molecule has 2 aromatic rings. The van der Waals surface area contributed by atoms with Crippen LogP contribution in [0.4, 0.5) is 8.78 Å². The molecule has 1 atom stereocenters. The van der Waals surface area contributed by atoms with Gasteiger partial charge in [-0.05, 0) is 32.9 Å². The van der Waals surface area contributed by atoms with Crippen LogP contribution in [0.3, 0.4) is 0 Å². The van der Waals surface area contributed by atoms with Crippen LogP contribution in [0.2, 0.25) is 0 Å². The summed E-state index contributed by atoms with van der Waals surface area (Å²) in [5.41, 5.74) is 1.55. The number of aromatic nitrogens is 1. The van der Waals surface area contributed by atoms with Crippen LogP contribution >= 0.6 is 0 Å². The van der Waals surface area contributed by atoms with Crippen LogP contribution in [0, 0.1) is 25.5 Å². The molecule has 1 heterocycles. The van der Waals surface area contributed by atoms with Crippen molar-refractivity contribution in [1.29, 1.82) is 0 Å². The Labute approximate surface area is 132 Å². The van der Waals surface area contributed by atoms with E-state index in [1.807, 2.05) is 0 Å². The van der Waals surface area contributed by atoms with Crippen LogP contribution in [0.5, 0.6) is 5.75 Å². The highest BCUT2D eigenvalue weighted by atomic mass is 19.2. The summed E-state index contributed by atoms with van der Waals surface area (Å²) < 4.78 is 36.5. The van der Waals surface area contributed by atoms with Crippen LogP contribution in [0.1, 0.15) is 23.9 Å². The molecule has 1 aromatic carbocycles. The van der Waals surface area contributed by atoms with E-state index in [9.17, 15) is 13.6 Å². The number of aryl methyl sites for hydroxylation is 2. The van der Waals surface area contributed by atoms with Crippen molar-refractivity contribution in [2.75, 3.05) is 7.05 Å². The molecule has 23 heavy (non-hydrogen) atoms. The minimum absolute atomic E-state index is 0.0930. The Bertz CT molecular complexity index is 696. The van der Waals surface area contributed by atoms with Crippen molar-refractivity contribution in [2.24, 2.45) is 0 Å². The van der Waals surface area contributed by atoms with Crippen molar-refractivity contribution >= 4 is 5.91 Å². The van der Waals surface area contributed by atoms with E-state index in [0.717, 1.165) is 23.4 Å². The van der Waals surface area contributed by atoms with Gasteiger partial charge in [-0.2, -0.15) is 0 Å². The molecule has 124 valence electrons. The summed E-state index contributed by atoms with van der Waals surface area (Å²) in [5.74, 6) is -1.54. The first-order valence-electron chi connectivity index (χ1n) is 7.08. The van der Waals surface area contributed by atoms with Gasteiger partial charge in [0.05, 0.1) is 12.2 Å². The number of halogens is 2. The number of benzene rings is 1. The quantitative estimate of drug-likeness (QED) is 0.848. The molecule has 0 aliphatic rings. The lowest BCUT2D eigenvalue weighted by molar-refractivity contribution is -0.137. The smallest absolute Gasteiger partial charge is 0.263 e. The maximum atomic E-state index is 13.2. The van der Waals surface area contributed by atoms with E-state index in [1.54, 1.807) is 27.8 Å². The minimum atomic E-state index is -1.02. The average Bonchev–Trinajstić information content (AvgIpc) is 2.82. The van der Waals surface area contributed by atoms with Crippen LogP contribution in [-0.4, -0.2) is 29.1 Å². The first-order chi connectivity index (χ1) is 10.8. The fourth-order valence-electron chi connectivity index (χ4n) is 2.16. The van der Waals surface area contributed by atoms with E-state index in [4.69, 9.17) is 9.26 Å². The van der Waals surface area contributed by atoms with Gasteiger partial charge in [-0.3, -0.25) is 4.79 Å². The molecule has 2 rings (SSSR count). The Balaban J connectivity index is 2.02. The monoisotopic (exact) mass is 324 g/mol. The topological polar surface area (TPSA) is 55.6 Å². The molecule has 0 unspecified atom stereocenters. The molecular formula is C16H18F2N2O3. The van der Waals surface area contributed by atoms with E-state index in [2.05, 4.69) is 5.16 Å². The van der Waals surface area contributed by atoms with E-state index in [-0.39, 0.29) is 11.7 Å². The van der Waals surface area contributed by atoms with Gasteiger partial charge < -0.3 is 14.2 Å². The second-order valence-electron chi connectivity index (χ2n) is 5.33. The molecule has 0 aliphatic heterocycles. The third kappa shape index (κ3) is 3.85. The maximum Gasteiger partial charge on any atom is 0.263 e. The normalized spacial score (nSPS) is 12.1. The predicted octanol–water partition coefficient (Wildman–Crippen LogP) is 3.00. The highest BCUT2D eigenvalue weighted by molar-refractivity contribution is 5.80. The fourth-order valence-corrected chi connectivity index (χ4v) is 2.16. The predicted molar refractivity (Wildman–Crippen MR) is 78.9 cm³/mol. The summed E-state index contributed by atoms with van der Waals surface area (Å²) in [4.78, 5) is 13.8. The fraction of sp³-hybridized carbons (Fsp3) is 0.375. The van der Waals surface area contributed by atoms with E-state index in [0.29, 0.717) is 12.3 Å². The molecule has 0 spiro atoms. The van der Waals surface area contributed by atoms with Gasteiger partial charge in [0.25, 0.3) is 5.91 Å². The first-order valence-corrected chi connectivity index (χ1v) is 7.08. The lowest BCUT2D eigenvalue weighted by Crippen LogP contribution is -2.37. The number of nitrogens with zero attached hydrogens (tertiary/aromatic N) is 2. The van der Waals surface area contributed by atoms with Crippen molar-refractivity contribution in [1.82, 2.24) is 10.1 Å². The Hall–Kier alpha value is -2.44. The maximum absolute atomic E-state index is 13.2. The van der Waals surface area contributed by atoms with Crippen molar-refractivity contribution in [2.45, 2.75) is 33.4 Å². The van der Waals surface area contributed by atoms with Crippen molar-refractivity contribution < 1.29 is 22.8 Å². The number of hydrogen-bond acceptors (Lipinski definition) is 4.